The fourth-order valence-corrected chi connectivity index (χ4v) is 4.57. The van der Waals surface area contributed by atoms with Crippen LogP contribution in [0.4, 0.5) is 5.69 Å². The second-order valence-corrected chi connectivity index (χ2v) is 8.47. The van der Waals surface area contributed by atoms with Gasteiger partial charge in [0.05, 0.1) is 5.25 Å². The maximum atomic E-state index is 12.5. The van der Waals surface area contributed by atoms with Crippen molar-refractivity contribution in [3.05, 3.63) is 46.6 Å². The first-order chi connectivity index (χ1) is 12.0. The molecule has 1 N–H and O–H groups in total. The van der Waals surface area contributed by atoms with Crippen molar-refractivity contribution >= 4 is 44.9 Å². The molecule has 2 heterocycles. The molecule has 1 atom stereocenters. The predicted octanol–water partition coefficient (Wildman–Crippen LogP) is 4.99. The predicted molar refractivity (Wildman–Crippen MR) is 107 cm³/mol. The van der Waals surface area contributed by atoms with E-state index in [0.717, 1.165) is 27.4 Å². The van der Waals surface area contributed by atoms with Crippen LogP contribution in [0, 0.1) is 13.8 Å². The summed E-state index contributed by atoms with van der Waals surface area (Å²) in [5.74, 6) is -0.0226. The highest BCUT2D eigenvalue weighted by molar-refractivity contribution is 8.00. The minimum Gasteiger partial charge on any atom is -0.325 e. The highest BCUT2D eigenvalue weighted by atomic mass is 32.2. The standard InChI is InChI=1S/C19H21N3OS2/c1-5-14-6-8-15(9-7-14)22-17(23)13(4)25-19-16-11(2)12(3)24-18(16)20-10-21-19/h6-10,13H,5H2,1-4H3,(H,22,23)/t13-/m1/s1. The minimum absolute atomic E-state index is 0.0226. The van der Waals surface area contributed by atoms with E-state index < -0.39 is 0 Å². The number of hydrogen-bond acceptors (Lipinski definition) is 5. The molecule has 0 unspecified atom stereocenters. The molecule has 1 amide bonds. The molecule has 0 fully saturated rings. The van der Waals surface area contributed by atoms with Gasteiger partial charge in [0.1, 0.15) is 16.2 Å². The number of rotatable bonds is 5. The molecular formula is C19H21N3OS2. The van der Waals surface area contributed by atoms with Crippen molar-refractivity contribution in [1.29, 1.82) is 0 Å². The zero-order valence-electron chi connectivity index (χ0n) is 14.8. The van der Waals surface area contributed by atoms with Crippen molar-refractivity contribution in [1.82, 2.24) is 9.97 Å². The van der Waals surface area contributed by atoms with Gasteiger partial charge >= 0.3 is 0 Å². The molecule has 0 aliphatic heterocycles. The molecule has 6 heteroatoms. The smallest absolute Gasteiger partial charge is 0.237 e. The number of thioether (sulfide) groups is 1. The zero-order valence-corrected chi connectivity index (χ0v) is 16.4. The average Bonchev–Trinajstić information content (AvgIpc) is 2.90. The molecule has 0 saturated carbocycles. The molecule has 130 valence electrons. The molecular weight excluding hydrogens is 350 g/mol. The van der Waals surface area contributed by atoms with Crippen LogP contribution in [-0.4, -0.2) is 21.1 Å². The number of anilines is 1. The first-order valence-electron chi connectivity index (χ1n) is 8.26. The lowest BCUT2D eigenvalue weighted by atomic mass is 10.1. The highest BCUT2D eigenvalue weighted by Crippen LogP contribution is 2.36. The van der Waals surface area contributed by atoms with Crippen LogP contribution in [0.2, 0.25) is 0 Å². The largest absolute Gasteiger partial charge is 0.325 e. The van der Waals surface area contributed by atoms with Crippen molar-refractivity contribution in [2.75, 3.05) is 5.32 Å². The lowest BCUT2D eigenvalue weighted by Gasteiger charge is -2.12. The Balaban J connectivity index is 1.75. The van der Waals surface area contributed by atoms with Crippen molar-refractivity contribution < 1.29 is 4.79 Å². The van der Waals surface area contributed by atoms with E-state index >= 15 is 0 Å². The number of nitrogens with one attached hydrogen (secondary N) is 1. The molecule has 4 nitrogen and oxygen atoms in total. The van der Waals surface area contributed by atoms with E-state index in [4.69, 9.17) is 0 Å². The molecule has 1 aromatic carbocycles. The third-order valence-electron chi connectivity index (χ3n) is 4.22. The summed E-state index contributed by atoms with van der Waals surface area (Å²) < 4.78 is 0. The van der Waals surface area contributed by atoms with Crippen LogP contribution in [0.15, 0.2) is 35.6 Å². The second kappa shape index (κ2) is 7.54. The third-order valence-corrected chi connectivity index (χ3v) is 6.43. The monoisotopic (exact) mass is 371 g/mol. The summed E-state index contributed by atoms with van der Waals surface area (Å²) in [6.45, 7) is 8.19. The number of nitrogens with zero attached hydrogens (tertiary/aromatic N) is 2. The molecule has 0 spiro atoms. The lowest BCUT2D eigenvalue weighted by molar-refractivity contribution is -0.115. The Hall–Kier alpha value is -1.92. The van der Waals surface area contributed by atoms with Crippen LogP contribution in [0.1, 0.15) is 29.9 Å². The first kappa shape index (κ1) is 17.9. The van der Waals surface area contributed by atoms with E-state index in [1.54, 1.807) is 17.7 Å². The van der Waals surface area contributed by atoms with Gasteiger partial charge in [-0.3, -0.25) is 4.79 Å². The topological polar surface area (TPSA) is 54.9 Å². The molecule has 3 aromatic rings. The van der Waals surface area contributed by atoms with Gasteiger partial charge in [-0.05, 0) is 50.5 Å². The van der Waals surface area contributed by atoms with Gasteiger partial charge in [0.2, 0.25) is 5.91 Å². The average molecular weight is 372 g/mol. The van der Waals surface area contributed by atoms with Crippen molar-refractivity contribution in [2.45, 2.75) is 44.4 Å². The van der Waals surface area contributed by atoms with Crippen molar-refractivity contribution in [3.63, 3.8) is 0 Å². The van der Waals surface area contributed by atoms with Gasteiger partial charge in [0.15, 0.2) is 0 Å². The quantitative estimate of drug-likeness (QED) is 0.507. The van der Waals surface area contributed by atoms with E-state index in [9.17, 15) is 4.79 Å². The van der Waals surface area contributed by atoms with Crippen LogP contribution < -0.4 is 5.32 Å². The van der Waals surface area contributed by atoms with Crippen molar-refractivity contribution in [2.24, 2.45) is 0 Å². The van der Waals surface area contributed by atoms with Crippen LogP contribution in [0.3, 0.4) is 0 Å². The zero-order chi connectivity index (χ0) is 18.0. The SMILES string of the molecule is CCc1ccc(NC(=O)[C@@H](C)Sc2ncnc3sc(C)c(C)c23)cc1. The molecule has 0 saturated heterocycles. The first-order valence-corrected chi connectivity index (χ1v) is 9.96. The van der Waals surface area contributed by atoms with Crippen LogP contribution in [0.5, 0.6) is 0 Å². The van der Waals surface area contributed by atoms with Gasteiger partial charge in [0, 0.05) is 16.0 Å². The summed E-state index contributed by atoms with van der Waals surface area (Å²) in [6.07, 6.45) is 2.57. The molecule has 25 heavy (non-hydrogen) atoms. The number of carbonyl (C=O) groups excluding carboxylic acids is 1. The Bertz CT molecular complexity index is 903. The van der Waals surface area contributed by atoms with Crippen LogP contribution in [0.25, 0.3) is 10.2 Å². The Morgan fingerprint density at radius 3 is 2.64 bits per heavy atom. The van der Waals surface area contributed by atoms with E-state index in [1.165, 1.54) is 27.8 Å². The summed E-state index contributed by atoms with van der Waals surface area (Å²) in [5.41, 5.74) is 3.28. The number of amides is 1. The molecule has 0 radical (unpaired) electrons. The molecule has 0 aliphatic carbocycles. The molecule has 0 bridgehead atoms. The van der Waals surface area contributed by atoms with Crippen molar-refractivity contribution in [3.8, 4) is 0 Å². The maximum Gasteiger partial charge on any atom is 0.237 e. The van der Waals surface area contributed by atoms with E-state index in [1.807, 2.05) is 31.2 Å². The van der Waals surface area contributed by atoms with Gasteiger partial charge in [-0.25, -0.2) is 9.97 Å². The van der Waals surface area contributed by atoms with Gasteiger partial charge < -0.3 is 5.32 Å². The fourth-order valence-electron chi connectivity index (χ4n) is 2.53. The number of thiophene rings is 1. The van der Waals surface area contributed by atoms with Gasteiger partial charge in [-0.2, -0.15) is 0 Å². The number of hydrogen-bond donors (Lipinski definition) is 1. The molecule has 0 aliphatic rings. The van der Waals surface area contributed by atoms with Gasteiger partial charge in [-0.1, -0.05) is 30.8 Å². The van der Waals surface area contributed by atoms with Gasteiger partial charge in [0.25, 0.3) is 0 Å². The number of aryl methyl sites for hydroxylation is 3. The summed E-state index contributed by atoms with van der Waals surface area (Å²) in [5, 5.41) is 4.68. The van der Waals surface area contributed by atoms with Crippen LogP contribution in [-0.2, 0) is 11.2 Å². The van der Waals surface area contributed by atoms with E-state index in [0.29, 0.717) is 0 Å². The Morgan fingerprint density at radius 2 is 1.96 bits per heavy atom. The number of carbonyl (C=O) groups is 1. The van der Waals surface area contributed by atoms with E-state index in [-0.39, 0.29) is 11.2 Å². The summed E-state index contributed by atoms with van der Waals surface area (Å²) >= 11 is 3.15. The fraction of sp³-hybridized carbons (Fsp3) is 0.316. The number of aromatic nitrogens is 2. The van der Waals surface area contributed by atoms with Gasteiger partial charge in [-0.15, -0.1) is 11.3 Å². The normalized spacial score (nSPS) is 12.3. The summed E-state index contributed by atoms with van der Waals surface area (Å²) in [4.78, 5) is 23.5. The highest BCUT2D eigenvalue weighted by Gasteiger charge is 2.19. The molecule has 2 aromatic heterocycles. The molecule has 3 rings (SSSR count). The third kappa shape index (κ3) is 3.85. The minimum atomic E-state index is -0.247. The Morgan fingerprint density at radius 1 is 1.24 bits per heavy atom. The van der Waals surface area contributed by atoms with Crippen LogP contribution >= 0.6 is 23.1 Å². The summed E-state index contributed by atoms with van der Waals surface area (Å²) in [6, 6.07) is 7.98. The Kier molecular flexibility index (Phi) is 5.39. The number of fused-ring (bicyclic) bond motifs is 1. The number of benzene rings is 1. The second-order valence-electron chi connectivity index (χ2n) is 5.94. The maximum absolute atomic E-state index is 12.5. The Labute approximate surface area is 156 Å². The lowest BCUT2D eigenvalue weighted by Crippen LogP contribution is -2.22. The van der Waals surface area contributed by atoms with E-state index in [2.05, 4.69) is 36.1 Å². The summed E-state index contributed by atoms with van der Waals surface area (Å²) in [7, 11) is 0.